The Labute approximate surface area is 66.8 Å². The third-order valence-corrected chi connectivity index (χ3v) is 1.37. The Kier molecular flexibility index (Phi) is 2.32. The van der Waals surface area contributed by atoms with E-state index in [1.165, 1.54) is 12.1 Å². The van der Waals surface area contributed by atoms with Gasteiger partial charge in [0.2, 0.25) is 0 Å². The van der Waals surface area contributed by atoms with Crippen molar-refractivity contribution in [2.45, 2.75) is 6.43 Å². The lowest BCUT2D eigenvalue weighted by atomic mass is 10.2. The molecular formula is C7H5F2NO2. The number of nitro groups is 1. The maximum absolute atomic E-state index is 12.1. The molecule has 0 unspecified atom stereocenters. The van der Waals surface area contributed by atoms with Gasteiger partial charge in [0, 0.05) is 6.07 Å². The number of hydrogen-bond donors (Lipinski definition) is 0. The molecule has 0 aliphatic rings. The third-order valence-electron chi connectivity index (χ3n) is 1.37. The molecule has 1 aromatic rings. The van der Waals surface area contributed by atoms with Crippen LogP contribution in [0.2, 0.25) is 0 Å². The molecule has 0 saturated heterocycles. The molecule has 0 radical (unpaired) electrons. The van der Waals surface area contributed by atoms with E-state index in [1.807, 2.05) is 0 Å². The number of para-hydroxylation sites is 1. The first-order valence-electron chi connectivity index (χ1n) is 3.14. The highest BCUT2D eigenvalue weighted by atomic mass is 19.3. The van der Waals surface area contributed by atoms with Crippen LogP contribution in [0.5, 0.6) is 0 Å². The SMILES string of the molecule is O=[N+]([O-])c1ccccc1C(F)F. The van der Waals surface area contributed by atoms with Gasteiger partial charge >= 0.3 is 0 Å². The molecule has 5 heteroatoms. The van der Waals surface area contributed by atoms with Crippen molar-refractivity contribution in [2.75, 3.05) is 0 Å². The minimum Gasteiger partial charge on any atom is -0.258 e. The minimum absolute atomic E-state index is 0.535. The summed E-state index contributed by atoms with van der Waals surface area (Å²) >= 11 is 0. The summed E-state index contributed by atoms with van der Waals surface area (Å²) in [6.07, 6.45) is -2.80. The van der Waals surface area contributed by atoms with Crippen LogP contribution in [0.15, 0.2) is 24.3 Å². The van der Waals surface area contributed by atoms with E-state index in [0.29, 0.717) is 0 Å². The molecule has 0 bridgehead atoms. The fraction of sp³-hybridized carbons (Fsp3) is 0.143. The van der Waals surface area contributed by atoms with Gasteiger partial charge in [-0.2, -0.15) is 0 Å². The highest BCUT2D eigenvalue weighted by Gasteiger charge is 2.19. The van der Waals surface area contributed by atoms with Crippen LogP contribution in [-0.4, -0.2) is 4.92 Å². The summed E-state index contributed by atoms with van der Waals surface area (Å²) in [7, 11) is 0. The zero-order valence-electron chi connectivity index (χ0n) is 5.91. The van der Waals surface area contributed by atoms with E-state index in [1.54, 1.807) is 0 Å². The summed E-state index contributed by atoms with van der Waals surface area (Å²) in [6, 6.07) is 4.79. The molecule has 0 fully saturated rings. The van der Waals surface area contributed by atoms with E-state index in [-0.39, 0.29) is 0 Å². The van der Waals surface area contributed by atoms with Crippen LogP contribution in [0.3, 0.4) is 0 Å². The number of rotatable bonds is 2. The normalized spacial score (nSPS) is 10.2. The van der Waals surface area contributed by atoms with Crippen molar-refractivity contribution in [2.24, 2.45) is 0 Å². The Hall–Kier alpha value is -1.52. The standard InChI is InChI=1S/C7H5F2NO2/c8-7(9)5-3-1-2-4-6(5)10(11)12/h1-4,7H. The van der Waals surface area contributed by atoms with Gasteiger partial charge in [-0.3, -0.25) is 10.1 Å². The number of nitro benzene ring substituents is 1. The molecule has 64 valence electrons. The van der Waals surface area contributed by atoms with Crippen LogP contribution in [-0.2, 0) is 0 Å². The number of hydrogen-bond acceptors (Lipinski definition) is 2. The fourth-order valence-electron chi connectivity index (χ4n) is 0.838. The molecule has 0 spiro atoms. The van der Waals surface area contributed by atoms with Gasteiger partial charge in [0.25, 0.3) is 12.1 Å². The second kappa shape index (κ2) is 3.25. The lowest BCUT2D eigenvalue weighted by Crippen LogP contribution is -1.94. The Morgan fingerprint density at radius 1 is 1.33 bits per heavy atom. The van der Waals surface area contributed by atoms with Gasteiger partial charge in [-0.25, -0.2) is 8.78 Å². The van der Waals surface area contributed by atoms with Crippen molar-refractivity contribution in [1.82, 2.24) is 0 Å². The van der Waals surface area contributed by atoms with E-state index in [2.05, 4.69) is 0 Å². The molecule has 0 aliphatic carbocycles. The van der Waals surface area contributed by atoms with Gasteiger partial charge in [0.1, 0.15) is 0 Å². The predicted octanol–water partition coefficient (Wildman–Crippen LogP) is 2.53. The number of benzene rings is 1. The number of halogens is 2. The molecule has 0 atom stereocenters. The van der Waals surface area contributed by atoms with E-state index in [9.17, 15) is 18.9 Å². The van der Waals surface area contributed by atoms with Crippen LogP contribution in [0.4, 0.5) is 14.5 Å². The molecule has 0 aliphatic heterocycles. The Morgan fingerprint density at radius 2 is 1.92 bits per heavy atom. The average Bonchev–Trinajstić information content (AvgIpc) is 2.04. The Balaban J connectivity index is 3.17. The van der Waals surface area contributed by atoms with E-state index in [0.717, 1.165) is 12.1 Å². The summed E-state index contributed by atoms with van der Waals surface area (Å²) in [5.41, 5.74) is -1.07. The van der Waals surface area contributed by atoms with Gasteiger partial charge in [0.15, 0.2) is 0 Å². The van der Waals surface area contributed by atoms with Gasteiger partial charge in [-0.05, 0) is 6.07 Å². The van der Waals surface area contributed by atoms with Crippen LogP contribution in [0.1, 0.15) is 12.0 Å². The summed E-state index contributed by atoms with van der Waals surface area (Å²) in [4.78, 5) is 9.38. The second-order valence-electron chi connectivity index (χ2n) is 2.12. The molecule has 3 nitrogen and oxygen atoms in total. The predicted molar refractivity (Wildman–Crippen MR) is 38.1 cm³/mol. The van der Waals surface area contributed by atoms with Gasteiger partial charge in [-0.15, -0.1) is 0 Å². The van der Waals surface area contributed by atoms with Crippen molar-refractivity contribution in [1.29, 1.82) is 0 Å². The molecule has 0 heterocycles. The minimum atomic E-state index is -2.80. The van der Waals surface area contributed by atoms with E-state index < -0.39 is 22.6 Å². The molecule has 0 saturated carbocycles. The molecule has 1 rings (SSSR count). The maximum Gasteiger partial charge on any atom is 0.278 e. The molecule has 12 heavy (non-hydrogen) atoms. The summed E-state index contributed by atoms with van der Waals surface area (Å²) in [6.45, 7) is 0. The molecule has 0 amide bonds. The van der Waals surface area contributed by atoms with Crippen LogP contribution < -0.4 is 0 Å². The highest BCUT2D eigenvalue weighted by molar-refractivity contribution is 5.40. The summed E-state index contributed by atoms with van der Waals surface area (Å²) < 4.78 is 24.2. The van der Waals surface area contributed by atoms with Crippen LogP contribution in [0, 0.1) is 10.1 Å². The second-order valence-corrected chi connectivity index (χ2v) is 2.12. The quantitative estimate of drug-likeness (QED) is 0.509. The Bertz CT molecular complexity index is 301. The number of nitrogens with zero attached hydrogens (tertiary/aromatic N) is 1. The molecule has 0 aromatic heterocycles. The summed E-state index contributed by atoms with van der Waals surface area (Å²) in [5, 5.41) is 10.2. The smallest absolute Gasteiger partial charge is 0.258 e. The average molecular weight is 173 g/mol. The zero-order chi connectivity index (χ0) is 9.14. The van der Waals surface area contributed by atoms with Gasteiger partial charge < -0.3 is 0 Å². The van der Waals surface area contributed by atoms with Gasteiger partial charge in [0.05, 0.1) is 10.5 Å². The van der Waals surface area contributed by atoms with Crippen LogP contribution >= 0.6 is 0 Å². The molecule has 0 N–H and O–H groups in total. The lowest BCUT2D eigenvalue weighted by Gasteiger charge is -1.99. The maximum atomic E-state index is 12.1. The highest BCUT2D eigenvalue weighted by Crippen LogP contribution is 2.27. The first-order valence-corrected chi connectivity index (χ1v) is 3.14. The molecular weight excluding hydrogens is 168 g/mol. The van der Waals surface area contributed by atoms with Crippen LogP contribution in [0.25, 0.3) is 0 Å². The first-order chi connectivity index (χ1) is 5.63. The fourth-order valence-corrected chi connectivity index (χ4v) is 0.838. The largest absolute Gasteiger partial charge is 0.278 e. The topological polar surface area (TPSA) is 43.1 Å². The van der Waals surface area contributed by atoms with Crippen molar-refractivity contribution in [3.8, 4) is 0 Å². The van der Waals surface area contributed by atoms with E-state index in [4.69, 9.17) is 0 Å². The number of alkyl halides is 2. The molecule has 1 aromatic carbocycles. The monoisotopic (exact) mass is 173 g/mol. The lowest BCUT2D eigenvalue weighted by molar-refractivity contribution is -0.386. The Morgan fingerprint density at radius 3 is 2.33 bits per heavy atom. The summed E-state index contributed by atoms with van der Waals surface area (Å²) in [5.74, 6) is 0. The van der Waals surface area contributed by atoms with Crippen molar-refractivity contribution in [3.05, 3.63) is 39.9 Å². The van der Waals surface area contributed by atoms with Crippen molar-refractivity contribution >= 4 is 5.69 Å². The third kappa shape index (κ3) is 1.55. The van der Waals surface area contributed by atoms with E-state index >= 15 is 0 Å². The van der Waals surface area contributed by atoms with Gasteiger partial charge in [-0.1, -0.05) is 12.1 Å². The van der Waals surface area contributed by atoms with Crippen molar-refractivity contribution < 1.29 is 13.7 Å². The first kappa shape index (κ1) is 8.58. The zero-order valence-corrected chi connectivity index (χ0v) is 5.91. The van der Waals surface area contributed by atoms with Crippen molar-refractivity contribution in [3.63, 3.8) is 0 Å².